The SMILES string of the molecule is [C-]#[N+]c1ccc(-c2ccc3ccccc3c2)cc1-c1ccc2c3c(cccc13)-c1c-2c(-c2ccccc2)c2ccccc2c1-c1ccccc1. The lowest BCUT2D eigenvalue weighted by Gasteiger charge is -2.20. The van der Waals surface area contributed by atoms with Gasteiger partial charge in [-0.1, -0.05) is 170 Å². The van der Waals surface area contributed by atoms with Gasteiger partial charge in [-0.3, -0.25) is 0 Å². The van der Waals surface area contributed by atoms with Crippen molar-refractivity contribution >= 4 is 38.0 Å². The van der Waals surface area contributed by atoms with Crippen molar-refractivity contribution in [3.63, 3.8) is 0 Å². The molecule has 0 N–H and O–H groups in total. The highest BCUT2D eigenvalue weighted by Crippen LogP contribution is 2.58. The molecular weight excluding hydrogens is 603 g/mol. The van der Waals surface area contributed by atoms with Gasteiger partial charge in [-0.2, -0.15) is 0 Å². The fraction of sp³-hybridized carbons (Fsp3) is 0. The van der Waals surface area contributed by atoms with Crippen LogP contribution in [-0.4, -0.2) is 0 Å². The van der Waals surface area contributed by atoms with E-state index in [1.165, 1.54) is 76.8 Å². The highest BCUT2D eigenvalue weighted by molar-refractivity contribution is 6.29. The molecule has 0 atom stereocenters. The van der Waals surface area contributed by atoms with Gasteiger partial charge in [0.15, 0.2) is 5.69 Å². The molecule has 0 amide bonds. The monoisotopic (exact) mass is 631 g/mol. The van der Waals surface area contributed by atoms with Crippen molar-refractivity contribution in [1.82, 2.24) is 0 Å². The summed E-state index contributed by atoms with van der Waals surface area (Å²) in [5, 5.41) is 7.34. The fourth-order valence-corrected chi connectivity index (χ4v) is 8.24. The summed E-state index contributed by atoms with van der Waals surface area (Å²) in [5.41, 5.74) is 14.9. The maximum atomic E-state index is 8.18. The molecule has 0 aromatic heterocycles. The Kier molecular flexibility index (Phi) is 6.31. The largest absolute Gasteiger partial charge is 0.238 e. The van der Waals surface area contributed by atoms with Gasteiger partial charge in [0.2, 0.25) is 0 Å². The van der Waals surface area contributed by atoms with Crippen LogP contribution < -0.4 is 0 Å². The number of benzene rings is 9. The lowest BCUT2D eigenvalue weighted by molar-refractivity contribution is 1.62. The minimum absolute atomic E-state index is 0.659. The average molecular weight is 632 g/mol. The van der Waals surface area contributed by atoms with E-state index in [-0.39, 0.29) is 0 Å². The number of hydrogen-bond donors (Lipinski definition) is 0. The van der Waals surface area contributed by atoms with Gasteiger partial charge in [-0.05, 0) is 105 Å². The molecule has 10 rings (SSSR count). The van der Waals surface area contributed by atoms with Gasteiger partial charge < -0.3 is 0 Å². The van der Waals surface area contributed by atoms with Crippen LogP contribution in [0.2, 0.25) is 0 Å². The number of nitrogens with zero attached hydrogens (tertiary/aromatic N) is 1. The highest BCUT2D eigenvalue weighted by Gasteiger charge is 2.31. The van der Waals surface area contributed by atoms with Crippen LogP contribution in [0, 0.1) is 6.57 Å². The Morgan fingerprint density at radius 1 is 0.320 bits per heavy atom. The lowest BCUT2D eigenvalue weighted by Crippen LogP contribution is -1.93. The predicted molar refractivity (Wildman–Crippen MR) is 211 cm³/mol. The minimum atomic E-state index is 0.659. The van der Waals surface area contributed by atoms with Gasteiger partial charge in [0.1, 0.15) is 0 Å². The molecule has 50 heavy (non-hydrogen) atoms. The van der Waals surface area contributed by atoms with Crippen molar-refractivity contribution in [2.24, 2.45) is 0 Å². The Hall–Kier alpha value is -6.75. The first-order chi connectivity index (χ1) is 24.8. The first-order valence-electron chi connectivity index (χ1n) is 17.1. The van der Waals surface area contributed by atoms with E-state index < -0.39 is 0 Å². The molecule has 0 radical (unpaired) electrons. The topological polar surface area (TPSA) is 4.36 Å². The van der Waals surface area contributed by atoms with E-state index in [0.29, 0.717) is 5.69 Å². The van der Waals surface area contributed by atoms with E-state index in [1.54, 1.807) is 0 Å². The fourth-order valence-electron chi connectivity index (χ4n) is 8.24. The molecule has 1 aliphatic rings. The normalized spacial score (nSPS) is 11.6. The quantitative estimate of drug-likeness (QED) is 0.170. The standard InChI is InChI=1S/C49H29N/c1-50-44-28-25-36(35-24-23-31-13-8-9-18-34(31)29-35)30-43(44)37-26-27-42-47-38(37)21-12-22-41(47)48-45(32-14-4-2-5-15-32)39-19-10-11-20-40(39)46(49(42)48)33-16-6-3-7-17-33/h2-30H. The molecule has 0 saturated carbocycles. The molecule has 9 aromatic carbocycles. The van der Waals surface area contributed by atoms with Gasteiger partial charge >= 0.3 is 0 Å². The molecule has 0 spiro atoms. The molecule has 1 aliphatic carbocycles. The van der Waals surface area contributed by atoms with E-state index in [0.717, 1.165) is 22.3 Å². The molecule has 0 unspecified atom stereocenters. The second-order valence-electron chi connectivity index (χ2n) is 13.1. The average Bonchev–Trinajstić information content (AvgIpc) is 3.52. The third-order valence-corrected chi connectivity index (χ3v) is 10.4. The van der Waals surface area contributed by atoms with Crippen LogP contribution in [0.5, 0.6) is 0 Å². The summed E-state index contributed by atoms with van der Waals surface area (Å²) in [6.07, 6.45) is 0. The molecule has 0 bridgehead atoms. The summed E-state index contributed by atoms with van der Waals surface area (Å²) in [6, 6.07) is 63.2. The molecule has 0 aliphatic heterocycles. The van der Waals surface area contributed by atoms with Gasteiger partial charge in [-0.25, -0.2) is 4.85 Å². The number of rotatable bonds is 4. The summed E-state index contributed by atoms with van der Waals surface area (Å²) in [6.45, 7) is 8.18. The van der Waals surface area contributed by atoms with Crippen LogP contribution in [0.25, 0.3) is 104 Å². The Bertz CT molecular complexity index is 2760. The van der Waals surface area contributed by atoms with Gasteiger partial charge in [0.05, 0.1) is 6.57 Å². The zero-order valence-electron chi connectivity index (χ0n) is 27.2. The Balaban J connectivity index is 1.28. The van der Waals surface area contributed by atoms with Crippen molar-refractivity contribution < 1.29 is 0 Å². The smallest absolute Gasteiger partial charge is 0.194 e. The second kappa shape index (κ2) is 11.2. The van der Waals surface area contributed by atoms with Gasteiger partial charge in [0, 0.05) is 0 Å². The van der Waals surface area contributed by atoms with Crippen molar-refractivity contribution in [3.8, 4) is 66.8 Å². The zero-order valence-corrected chi connectivity index (χ0v) is 27.2. The summed E-state index contributed by atoms with van der Waals surface area (Å²) < 4.78 is 0. The van der Waals surface area contributed by atoms with E-state index in [9.17, 15) is 0 Å². The van der Waals surface area contributed by atoms with Crippen LogP contribution >= 0.6 is 0 Å². The van der Waals surface area contributed by atoms with E-state index in [2.05, 4.69) is 175 Å². The summed E-state index contributed by atoms with van der Waals surface area (Å²) in [7, 11) is 0. The molecule has 9 aromatic rings. The van der Waals surface area contributed by atoms with Crippen LogP contribution in [-0.2, 0) is 0 Å². The van der Waals surface area contributed by atoms with Crippen LogP contribution in [0.1, 0.15) is 0 Å². The second-order valence-corrected chi connectivity index (χ2v) is 13.1. The van der Waals surface area contributed by atoms with Crippen molar-refractivity contribution in [1.29, 1.82) is 0 Å². The molecule has 230 valence electrons. The van der Waals surface area contributed by atoms with Crippen LogP contribution in [0.15, 0.2) is 176 Å². The van der Waals surface area contributed by atoms with E-state index >= 15 is 0 Å². The van der Waals surface area contributed by atoms with E-state index in [1.807, 2.05) is 6.07 Å². The molecule has 1 heteroatoms. The summed E-state index contributed by atoms with van der Waals surface area (Å²) >= 11 is 0. The molecule has 0 fully saturated rings. The first kappa shape index (κ1) is 28.3. The molecule has 1 nitrogen and oxygen atoms in total. The van der Waals surface area contributed by atoms with Crippen molar-refractivity contribution in [2.75, 3.05) is 0 Å². The Labute approximate surface area is 291 Å². The number of fused-ring (bicyclic) bond motifs is 5. The van der Waals surface area contributed by atoms with Crippen molar-refractivity contribution in [3.05, 3.63) is 187 Å². The molecular formula is C49H29N. The van der Waals surface area contributed by atoms with Crippen LogP contribution in [0.4, 0.5) is 5.69 Å². The Morgan fingerprint density at radius 3 is 1.54 bits per heavy atom. The maximum Gasteiger partial charge on any atom is 0.194 e. The summed E-state index contributed by atoms with van der Waals surface area (Å²) in [5.74, 6) is 0. The zero-order chi connectivity index (χ0) is 33.2. The van der Waals surface area contributed by atoms with Crippen molar-refractivity contribution in [2.45, 2.75) is 0 Å². The summed E-state index contributed by atoms with van der Waals surface area (Å²) in [4.78, 5) is 4.03. The molecule has 0 heterocycles. The minimum Gasteiger partial charge on any atom is -0.238 e. The number of hydrogen-bond acceptors (Lipinski definition) is 0. The third-order valence-electron chi connectivity index (χ3n) is 10.4. The molecule has 0 saturated heterocycles. The highest BCUT2D eigenvalue weighted by atomic mass is 14.6. The maximum absolute atomic E-state index is 8.18. The lowest BCUT2D eigenvalue weighted by atomic mass is 9.82. The van der Waals surface area contributed by atoms with Crippen LogP contribution in [0.3, 0.4) is 0 Å². The van der Waals surface area contributed by atoms with Gasteiger partial charge in [0.25, 0.3) is 0 Å². The van der Waals surface area contributed by atoms with E-state index in [4.69, 9.17) is 6.57 Å². The Morgan fingerprint density at radius 2 is 0.860 bits per heavy atom. The first-order valence-corrected chi connectivity index (χ1v) is 17.1. The van der Waals surface area contributed by atoms with Gasteiger partial charge in [-0.15, -0.1) is 0 Å². The third kappa shape index (κ3) is 4.19. The predicted octanol–water partition coefficient (Wildman–Crippen LogP) is 14.0.